The molecule has 90 valence electrons. The van der Waals surface area contributed by atoms with E-state index in [0.717, 1.165) is 5.56 Å². The lowest BCUT2D eigenvalue weighted by molar-refractivity contribution is 0.324. The van der Waals surface area contributed by atoms with E-state index in [-0.39, 0.29) is 5.92 Å². The second kappa shape index (κ2) is 5.10. The van der Waals surface area contributed by atoms with E-state index in [1.54, 1.807) is 0 Å². The summed E-state index contributed by atoms with van der Waals surface area (Å²) in [6.45, 7) is 4.72. The van der Waals surface area contributed by atoms with Gasteiger partial charge in [0.1, 0.15) is 0 Å². The van der Waals surface area contributed by atoms with Crippen LogP contribution in [0.15, 0.2) is 34.9 Å². The van der Waals surface area contributed by atoms with Gasteiger partial charge in [-0.3, -0.25) is 0 Å². The molecule has 0 spiro atoms. The summed E-state index contributed by atoms with van der Waals surface area (Å²) in [4.78, 5) is 4.42. The Kier molecular flexibility index (Phi) is 3.54. The van der Waals surface area contributed by atoms with Gasteiger partial charge in [0.15, 0.2) is 0 Å². The minimum atomic E-state index is 0.125. The van der Waals surface area contributed by atoms with E-state index >= 15 is 0 Å². The molecule has 1 heterocycles. The van der Waals surface area contributed by atoms with Crippen LogP contribution in [0.4, 0.5) is 0 Å². The van der Waals surface area contributed by atoms with Crippen molar-refractivity contribution in [2.45, 2.75) is 19.8 Å². The van der Waals surface area contributed by atoms with Crippen molar-refractivity contribution in [3.8, 4) is 11.4 Å². The van der Waals surface area contributed by atoms with E-state index < -0.39 is 0 Å². The maximum atomic E-state index is 5.73. The van der Waals surface area contributed by atoms with E-state index in [0.29, 0.717) is 24.2 Å². The predicted octanol–water partition coefficient (Wildman–Crippen LogP) is 2.43. The lowest BCUT2D eigenvalue weighted by Gasteiger charge is -2.13. The number of nitrogens with two attached hydrogens (primary N) is 1. The molecule has 2 rings (SSSR count). The first kappa shape index (κ1) is 11.8. The number of hydrogen-bond acceptors (Lipinski definition) is 4. The zero-order valence-electron chi connectivity index (χ0n) is 10.1. The fraction of sp³-hybridized carbons (Fsp3) is 0.385. The van der Waals surface area contributed by atoms with Crippen molar-refractivity contribution in [1.82, 2.24) is 10.1 Å². The fourth-order valence-corrected chi connectivity index (χ4v) is 1.75. The number of rotatable bonds is 4. The first-order chi connectivity index (χ1) is 8.22. The molecular formula is C13H17N3O. The molecule has 2 N–H and O–H groups in total. The third kappa shape index (κ3) is 2.53. The maximum Gasteiger partial charge on any atom is 0.231 e. The summed E-state index contributed by atoms with van der Waals surface area (Å²) in [7, 11) is 0. The Bertz CT molecular complexity index is 465. The van der Waals surface area contributed by atoms with Crippen molar-refractivity contribution >= 4 is 0 Å². The highest BCUT2D eigenvalue weighted by Gasteiger charge is 2.21. The van der Waals surface area contributed by atoms with Crippen molar-refractivity contribution in [2.75, 3.05) is 6.54 Å². The van der Waals surface area contributed by atoms with Crippen molar-refractivity contribution in [3.05, 3.63) is 36.2 Å². The Morgan fingerprint density at radius 3 is 2.53 bits per heavy atom. The molecule has 17 heavy (non-hydrogen) atoms. The molecule has 0 aliphatic heterocycles. The van der Waals surface area contributed by atoms with Crippen LogP contribution in [0.25, 0.3) is 11.4 Å². The van der Waals surface area contributed by atoms with Gasteiger partial charge in [-0.15, -0.1) is 0 Å². The van der Waals surface area contributed by atoms with Gasteiger partial charge in [0.25, 0.3) is 0 Å². The van der Waals surface area contributed by atoms with Gasteiger partial charge in [0.05, 0.1) is 5.92 Å². The summed E-state index contributed by atoms with van der Waals surface area (Å²) < 4.78 is 5.29. The van der Waals surface area contributed by atoms with Crippen LogP contribution in [0.5, 0.6) is 0 Å². The molecule has 4 heteroatoms. The van der Waals surface area contributed by atoms with Crippen molar-refractivity contribution in [1.29, 1.82) is 0 Å². The zero-order chi connectivity index (χ0) is 12.3. The highest BCUT2D eigenvalue weighted by Crippen LogP contribution is 2.24. The van der Waals surface area contributed by atoms with Crippen LogP contribution in [0.3, 0.4) is 0 Å². The molecule has 0 fully saturated rings. The highest BCUT2D eigenvalue weighted by molar-refractivity contribution is 5.53. The van der Waals surface area contributed by atoms with Crippen LogP contribution < -0.4 is 5.73 Å². The molecule has 1 unspecified atom stereocenters. The van der Waals surface area contributed by atoms with Crippen LogP contribution in [-0.2, 0) is 0 Å². The lowest BCUT2D eigenvalue weighted by Crippen LogP contribution is -2.18. The van der Waals surface area contributed by atoms with E-state index in [1.165, 1.54) is 0 Å². The number of benzene rings is 1. The van der Waals surface area contributed by atoms with E-state index in [9.17, 15) is 0 Å². The minimum absolute atomic E-state index is 0.125. The normalized spacial score (nSPS) is 12.9. The summed E-state index contributed by atoms with van der Waals surface area (Å²) in [6.07, 6.45) is 0. The van der Waals surface area contributed by atoms with Gasteiger partial charge in [0, 0.05) is 12.1 Å². The second-order valence-electron chi connectivity index (χ2n) is 4.41. The molecule has 1 aromatic heterocycles. The standard InChI is InChI=1S/C13H17N3O/c1-9(2)11(8-14)13-15-12(16-17-13)10-6-4-3-5-7-10/h3-7,9,11H,8,14H2,1-2H3. The Balaban J connectivity index is 2.27. The van der Waals surface area contributed by atoms with Crippen molar-refractivity contribution in [2.24, 2.45) is 11.7 Å². The second-order valence-corrected chi connectivity index (χ2v) is 4.41. The molecule has 1 aromatic carbocycles. The maximum absolute atomic E-state index is 5.73. The van der Waals surface area contributed by atoms with Gasteiger partial charge in [-0.1, -0.05) is 49.3 Å². The van der Waals surface area contributed by atoms with Gasteiger partial charge in [-0.2, -0.15) is 4.98 Å². The molecule has 0 bridgehead atoms. The summed E-state index contributed by atoms with van der Waals surface area (Å²) in [6, 6.07) is 9.78. The van der Waals surface area contributed by atoms with Crippen molar-refractivity contribution < 1.29 is 4.52 Å². The Morgan fingerprint density at radius 2 is 1.94 bits per heavy atom. The van der Waals surface area contributed by atoms with Crippen LogP contribution >= 0.6 is 0 Å². The molecule has 4 nitrogen and oxygen atoms in total. The number of aromatic nitrogens is 2. The lowest BCUT2D eigenvalue weighted by atomic mass is 9.96. The average molecular weight is 231 g/mol. The van der Waals surface area contributed by atoms with Crippen LogP contribution in [0.1, 0.15) is 25.7 Å². The Morgan fingerprint density at radius 1 is 1.24 bits per heavy atom. The van der Waals surface area contributed by atoms with E-state index in [2.05, 4.69) is 24.0 Å². The van der Waals surface area contributed by atoms with Gasteiger partial charge < -0.3 is 10.3 Å². The Labute approximate surface area is 101 Å². The molecule has 0 aliphatic rings. The largest absolute Gasteiger partial charge is 0.339 e. The van der Waals surface area contributed by atoms with Crippen LogP contribution in [0, 0.1) is 5.92 Å². The van der Waals surface area contributed by atoms with Gasteiger partial charge in [-0.25, -0.2) is 0 Å². The van der Waals surface area contributed by atoms with Gasteiger partial charge in [-0.05, 0) is 5.92 Å². The molecule has 0 saturated heterocycles. The molecule has 2 aromatic rings. The third-order valence-corrected chi connectivity index (χ3v) is 2.85. The van der Waals surface area contributed by atoms with E-state index in [4.69, 9.17) is 10.3 Å². The van der Waals surface area contributed by atoms with Crippen molar-refractivity contribution in [3.63, 3.8) is 0 Å². The summed E-state index contributed by atoms with van der Waals surface area (Å²) in [5.41, 5.74) is 6.69. The van der Waals surface area contributed by atoms with E-state index in [1.807, 2.05) is 30.3 Å². The summed E-state index contributed by atoms with van der Waals surface area (Å²) in [5.74, 6) is 1.77. The highest BCUT2D eigenvalue weighted by atomic mass is 16.5. The smallest absolute Gasteiger partial charge is 0.231 e. The first-order valence-electron chi connectivity index (χ1n) is 5.81. The van der Waals surface area contributed by atoms with Crippen LogP contribution in [0.2, 0.25) is 0 Å². The average Bonchev–Trinajstić information content (AvgIpc) is 2.80. The fourth-order valence-electron chi connectivity index (χ4n) is 1.75. The third-order valence-electron chi connectivity index (χ3n) is 2.85. The number of nitrogens with zero attached hydrogens (tertiary/aromatic N) is 2. The molecular weight excluding hydrogens is 214 g/mol. The Hall–Kier alpha value is -1.68. The van der Waals surface area contributed by atoms with Gasteiger partial charge >= 0.3 is 0 Å². The quantitative estimate of drug-likeness (QED) is 0.877. The van der Waals surface area contributed by atoms with Gasteiger partial charge in [0.2, 0.25) is 11.7 Å². The monoisotopic (exact) mass is 231 g/mol. The topological polar surface area (TPSA) is 64.9 Å². The SMILES string of the molecule is CC(C)C(CN)c1nc(-c2ccccc2)no1. The molecule has 0 radical (unpaired) electrons. The molecule has 0 amide bonds. The minimum Gasteiger partial charge on any atom is -0.339 e. The number of hydrogen-bond donors (Lipinski definition) is 1. The first-order valence-corrected chi connectivity index (χ1v) is 5.81. The molecule has 0 saturated carbocycles. The predicted molar refractivity (Wildman–Crippen MR) is 66.4 cm³/mol. The van der Waals surface area contributed by atoms with Crippen LogP contribution in [-0.4, -0.2) is 16.7 Å². The summed E-state index contributed by atoms with van der Waals surface area (Å²) >= 11 is 0. The molecule has 0 aliphatic carbocycles. The molecule has 1 atom stereocenters. The zero-order valence-corrected chi connectivity index (χ0v) is 10.1. The summed E-state index contributed by atoms with van der Waals surface area (Å²) in [5, 5.41) is 4.00.